The van der Waals surface area contributed by atoms with Gasteiger partial charge in [0.05, 0.1) is 6.10 Å². The molecular formula is C14H14ClNO. The van der Waals surface area contributed by atoms with Crippen molar-refractivity contribution in [3.05, 3.63) is 64.4 Å². The first-order valence-corrected chi connectivity index (χ1v) is 5.87. The minimum Gasteiger partial charge on any atom is -0.388 e. The van der Waals surface area contributed by atoms with Crippen LogP contribution in [0.3, 0.4) is 0 Å². The largest absolute Gasteiger partial charge is 0.388 e. The lowest BCUT2D eigenvalue weighted by Gasteiger charge is -2.11. The van der Waals surface area contributed by atoms with Crippen LogP contribution in [0.4, 0.5) is 0 Å². The van der Waals surface area contributed by atoms with Crippen LogP contribution in [-0.4, -0.2) is 10.1 Å². The summed E-state index contributed by atoms with van der Waals surface area (Å²) in [6, 6.07) is 9.47. The fourth-order valence-electron chi connectivity index (χ4n) is 1.72. The van der Waals surface area contributed by atoms with Crippen molar-refractivity contribution in [3.8, 4) is 0 Å². The fraction of sp³-hybridized carbons (Fsp3) is 0.214. The van der Waals surface area contributed by atoms with E-state index in [2.05, 4.69) is 4.98 Å². The van der Waals surface area contributed by atoms with Crippen LogP contribution in [0.2, 0.25) is 5.02 Å². The average Bonchev–Trinajstić information content (AvgIpc) is 2.32. The van der Waals surface area contributed by atoms with E-state index >= 15 is 0 Å². The fourth-order valence-corrected chi connectivity index (χ4v) is 1.85. The lowest BCUT2D eigenvalue weighted by molar-refractivity contribution is 0.178. The van der Waals surface area contributed by atoms with Crippen LogP contribution in [0.15, 0.2) is 42.7 Å². The minimum absolute atomic E-state index is 0.524. The SMILES string of the molecule is Cc1cncc(C(O)Cc2ccc(Cl)cc2)c1. The van der Waals surface area contributed by atoms with Crippen LogP contribution in [-0.2, 0) is 6.42 Å². The maximum absolute atomic E-state index is 10.1. The molecule has 0 radical (unpaired) electrons. The molecule has 0 saturated heterocycles. The highest BCUT2D eigenvalue weighted by atomic mass is 35.5. The summed E-state index contributed by atoms with van der Waals surface area (Å²) in [6.45, 7) is 1.96. The molecule has 1 aromatic heterocycles. The number of pyridine rings is 1. The van der Waals surface area contributed by atoms with E-state index in [4.69, 9.17) is 11.6 Å². The Morgan fingerprint density at radius 2 is 1.94 bits per heavy atom. The Balaban J connectivity index is 2.11. The van der Waals surface area contributed by atoms with Gasteiger partial charge in [-0.3, -0.25) is 4.98 Å². The molecule has 0 bridgehead atoms. The third-order valence-electron chi connectivity index (χ3n) is 2.62. The van der Waals surface area contributed by atoms with E-state index in [1.165, 1.54) is 0 Å². The van der Waals surface area contributed by atoms with Crippen molar-refractivity contribution in [1.29, 1.82) is 0 Å². The molecule has 0 aliphatic rings. The maximum Gasteiger partial charge on any atom is 0.0845 e. The van der Waals surface area contributed by atoms with Gasteiger partial charge in [0.2, 0.25) is 0 Å². The molecular weight excluding hydrogens is 234 g/mol. The van der Waals surface area contributed by atoms with Gasteiger partial charge < -0.3 is 5.11 Å². The smallest absolute Gasteiger partial charge is 0.0845 e. The van der Waals surface area contributed by atoms with Crippen LogP contribution in [0.1, 0.15) is 22.8 Å². The molecule has 0 fully saturated rings. The zero-order chi connectivity index (χ0) is 12.3. The standard InChI is InChI=1S/C14H14ClNO/c1-10-6-12(9-16-8-10)14(17)7-11-2-4-13(15)5-3-11/h2-6,8-9,14,17H,7H2,1H3. The molecule has 0 aliphatic heterocycles. The average molecular weight is 248 g/mol. The third kappa shape index (κ3) is 3.29. The number of aromatic nitrogens is 1. The predicted octanol–water partition coefficient (Wildman–Crippen LogP) is 3.32. The number of aliphatic hydroxyl groups is 1. The number of benzene rings is 1. The van der Waals surface area contributed by atoms with E-state index in [0.717, 1.165) is 16.7 Å². The molecule has 0 spiro atoms. The van der Waals surface area contributed by atoms with Crippen molar-refractivity contribution in [2.24, 2.45) is 0 Å². The van der Waals surface area contributed by atoms with E-state index in [1.54, 1.807) is 12.4 Å². The zero-order valence-corrected chi connectivity index (χ0v) is 10.4. The van der Waals surface area contributed by atoms with Crippen molar-refractivity contribution in [1.82, 2.24) is 4.98 Å². The van der Waals surface area contributed by atoms with E-state index in [1.807, 2.05) is 37.3 Å². The van der Waals surface area contributed by atoms with Crippen molar-refractivity contribution in [2.45, 2.75) is 19.4 Å². The summed E-state index contributed by atoms with van der Waals surface area (Å²) in [5, 5.41) is 10.8. The number of aryl methyl sites for hydroxylation is 1. The first-order chi connectivity index (χ1) is 8.15. The Morgan fingerprint density at radius 3 is 2.59 bits per heavy atom. The highest BCUT2D eigenvalue weighted by Gasteiger charge is 2.09. The predicted molar refractivity (Wildman–Crippen MR) is 69.1 cm³/mol. The molecule has 0 aliphatic carbocycles. The lowest BCUT2D eigenvalue weighted by atomic mass is 10.0. The summed E-state index contributed by atoms with van der Waals surface area (Å²) in [5.41, 5.74) is 2.96. The normalized spacial score (nSPS) is 12.4. The second-order valence-corrected chi connectivity index (χ2v) is 4.58. The lowest BCUT2D eigenvalue weighted by Crippen LogP contribution is -2.02. The number of rotatable bonds is 3. The molecule has 3 heteroatoms. The van der Waals surface area contributed by atoms with E-state index in [0.29, 0.717) is 11.4 Å². The van der Waals surface area contributed by atoms with Crippen molar-refractivity contribution >= 4 is 11.6 Å². The summed E-state index contributed by atoms with van der Waals surface area (Å²) in [7, 11) is 0. The van der Waals surface area contributed by atoms with Gasteiger partial charge in [-0.2, -0.15) is 0 Å². The zero-order valence-electron chi connectivity index (χ0n) is 9.60. The molecule has 1 heterocycles. The molecule has 0 saturated carbocycles. The summed E-state index contributed by atoms with van der Waals surface area (Å²) < 4.78 is 0. The quantitative estimate of drug-likeness (QED) is 0.903. The Kier molecular flexibility index (Phi) is 3.77. The summed E-state index contributed by atoms with van der Waals surface area (Å²) in [6.07, 6.45) is 3.53. The van der Waals surface area contributed by atoms with Gasteiger partial charge >= 0.3 is 0 Å². The Labute approximate surface area is 106 Å². The van der Waals surface area contributed by atoms with Crippen molar-refractivity contribution in [2.75, 3.05) is 0 Å². The maximum atomic E-state index is 10.1. The molecule has 88 valence electrons. The molecule has 1 N–H and O–H groups in total. The highest BCUT2D eigenvalue weighted by molar-refractivity contribution is 6.30. The van der Waals surface area contributed by atoms with Crippen LogP contribution < -0.4 is 0 Å². The molecule has 1 atom stereocenters. The van der Waals surface area contributed by atoms with Crippen LogP contribution in [0.5, 0.6) is 0 Å². The molecule has 17 heavy (non-hydrogen) atoms. The van der Waals surface area contributed by atoms with E-state index < -0.39 is 6.10 Å². The van der Waals surface area contributed by atoms with Gasteiger partial charge in [-0.15, -0.1) is 0 Å². The Hall–Kier alpha value is -1.38. The first kappa shape index (κ1) is 12.1. The molecule has 0 amide bonds. The van der Waals surface area contributed by atoms with E-state index in [9.17, 15) is 5.11 Å². The van der Waals surface area contributed by atoms with Gasteiger partial charge in [-0.25, -0.2) is 0 Å². The van der Waals surface area contributed by atoms with Gasteiger partial charge in [0.15, 0.2) is 0 Å². The summed E-state index contributed by atoms with van der Waals surface area (Å²) >= 11 is 5.81. The molecule has 2 nitrogen and oxygen atoms in total. The Morgan fingerprint density at radius 1 is 1.24 bits per heavy atom. The second-order valence-electron chi connectivity index (χ2n) is 4.14. The van der Waals surface area contributed by atoms with Gasteiger partial charge in [-0.05, 0) is 35.7 Å². The van der Waals surface area contributed by atoms with Crippen molar-refractivity contribution < 1.29 is 5.11 Å². The van der Waals surface area contributed by atoms with Gasteiger partial charge in [-0.1, -0.05) is 29.8 Å². The number of nitrogens with zero attached hydrogens (tertiary/aromatic N) is 1. The molecule has 2 aromatic rings. The van der Waals surface area contributed by atoms with Gasteiger partial charge in [0.25, 0.3) is 0 Å². The monoisotopic (exact) mass is 247 g/mol. The number of hydrogen-bond acceptors (Lipinski definition) is 2. The molecule has 1 aromatic carbocycles. The highest BCUT2D eigenvalue weighted by Crippen LogP contribution is 2.19. The van der Waals surface area contributed by atoms with Crippen LogP contribution >= 0.6 is 11.6 Å². The molecule has 2 rings (SSSR count). The molecule has 1 unspecified atom stereocenters. The van der Waals surface area contributed by atoms with Gasteiger partial charge in [0.1, 0.15) is 0 Å². The third-order valence-corrected chi connectivity index (χ3v) is 2.88. The minimum atomic E-state index is -0.524. The van der Waals surface area contributed by atoms with Crippen LogP contribution in [0.25, 0.3) is 0 Å². The first-order valence-electron chi connectivity index (χ1n) is 5.49. The Bertz CT molecular complexity index is 496. The van der Waals surface area contributed by atoms with Crippen molar-refractivity contribution in [3.63, 3.8) is 0 Å². The van der Waals surface area contributed by atoms with E-state index in [-0.39, 0.29) is 0 Å². The van der Waals surface area contributed by atoms with Gasteiger partial charge in [0, 0.05) is 23.8 Å². The second kappa shape index (κ2) is 5.30. The number of halogens is 1. The summed E-state index contributed by atoms with van der Waals surface area (Å²) in [4.78, 5) is 4.08. The number of hydrogen-bond donors (Lipinski definition) is 1. The summed E-state index contributed by atoms with van der Waals surface area (Å²) in [5.74, 6) is 0. The van der Waals surface area contributed by atoms with Crippen LogP contribution in [0, 0.1) is 6.92 Å². The number of aliphatic hydroxyl groups excluding tert-OH is 1. The topological polar surface area (TPSA) is 33.1 Å².